The molecule has 0 spiro atoms. The molecule has 19 heavy (non-hydrogen) atoms. The third kappa shape index (κ3) is 3.10. The zero-order chi connectivity index (χ0) is 14.2. The highest BCUT2D eigenvalue weighted by Gasteiger charge is 2.33. The molecule has 0 aliphatic heterocycles. The molecule has 0 amide bonds. The summed E-state index contributed by atoms with van der Waals surface area (Å²) in [5.41, 5.74) is -0.535. The van der Waals surface area contributed by atoms with Crippen molar-refractivity contribution in [3.05, 3.63) is 15.9 Å². The molecule has 2 rings (SSSR count). The molecule has 0 radical (unpaired) electrons. The molecule has 7 nitrogen and oxygen atoms in total. The van der Waals surface area contributed by atoms with Crippen LogP contribution in [0.2, 0.25) is 0 Å². The van der Waals surface area contributed by atoms with Crippen molar-refractivity contribution in [3.63, 3.8) is 0 Å². The largest absolute Gasteiger partial charge is 0.476 e. The third-order valence-corrected chi connectivity index (χ3v) is 2.68. The van der Waals surface area contributed by atoms with E-state index in [4.69, 9.17) is 4.74 Å². The molecule has 0 bridgehead atoms. The van der Waals surface area contributed by atoms with E-state index in [2.05, 4.69) is 15.3 Å². The molecule has 0 unspecified atom stereocenters. The minimum Gasteiger partial charge on any atom is -0.476 e. The van der Waals surface area contributed by atoms with E-state index in [0.29, 0.717) is 11.7 Å². The van der Waals surface area contributed by atoms with Gasteiger partial charge in [-0.1, -0.05) is 0 Å². The van der Waals surface area contributed by atoms with Crippen LogP contribution in [0.3, 0.4) is 0 Å². The van der Waals surface area contributed by atoms with Crippen LogP contribution in [0.15, 0.2) is 0 Å². The molecule has 1 aromatic rings. The summed E-state index contributed by atoms with van der Waals surface area (Å²) in [5.74, 6) is 1.17. The van der Waals surface area contributed by atoms with E-state index in [9.17, 15) is 10.1 Å². The second-order valence-electron chi connectivity index (χ2n) is 5.69. The molecule has 1 aliphatic carbocycles. The first-order valence-electron chi connectivity index (χ1n) is 6.20. The van der Waals surface area contributed by atoms with E-state index in [1.54, 1.807) is 0 Å². The predicted octanol–water partition coefficient (Wildman–Crippen LogP) is 2.48. The van der Waals surface area contributed by atoms with Gasteiger partial charge in [-0.3, -0.25) is 10.1 Å². The highest BCUT2D eigenvalue weighted by atomic mass is 16.6. The van der Waals surface area contributed by atoms with Crippen LogP contribution in [-0.4, -0.2) is 27.5 Å². The summed E-state index contributed by atoms with van der Waals surface area (Å²) in [6.07, 6.45) is 2.05. The Hall–Kier alpha value is -1.92. The number of ether oxygens (including phenoxy) is 1. The lowest BCUT2D eigenvalue weighted by Crippen LogP contribution is -2.27. The maximum absolute atomic E-state index is 11.2. The summed E-state index contributed by atoms with van der Waals surface area (Å²) in [4.78, 5) is 19.1. The third-order valence-electron chi connectivity index (χ3n) is 2.68. The normalized spacial score (nSPS) is 15.2. The van der Waals surface area contributed by atoms with Crippen molar-refractivity contribution in [2.24, 2.45) is 0 Å². The Morgan fingerprint density at radius 1 is 1.37 bits per heavy atom. The van der Waals surface area contributed by atoms with Gasteiger partial charge >= 0.3 is 5.69 Å². The number of nitrogens with zero attached hydrogens (tertiary/aromatic N) is 3. The molecule has 1 fully saturated rings. The lowest BCUT2D eigenvalue weighted by Gasteiger charge is -2.21. The summed E-state index contributed by atoms with van der Waals surface area (Å²) >= 11 is 0. The summed E-state index contributed by atoms with van der Waals surface area (Å²) in [5, 5.41) is 14.2. The SMILES string of the molecule is COc1nc(C2CC2)nc(NC(C)(C)C)c1[N+](=O)[O-]. The van der Waals surface area contributed by atoms with E-state index < -0.39 is 4.92 Å². The average Bonchev–Trinajstić information content (AvgIpc) is 3.08. The number of rotatable bonds is 4. The van der Waals surface area contributed by atoms with Crippen molar-refractivity contribution in [1.29, 1.82) is 0 Å². The van der Waals surface area contributed by atoms with Gasteiger partial charge in [0.25, 0.3) is 5.88 Å². The molecule has 1 aliphatic rings. The molecule has 0 aromatic carbocycles. The maximum atomic E-state index is 11.2. The quantitative estimate of drug-likeness (QED) is 0.665. The fraction of sp³-hybridized carbons (Fsp3) is 0.667. The first-order valence-corrected chi connectivity index (χ1v) is 6.20. The van der Waals surface area contributed by atoms with Crippen molar-refractivity contribution >= 4 is 11.5 Å². The Kier molecular flexibility index (Phi) is 3.30. The fourth-order valence-corrected chi connectivity index (χ4v) is 1.72. The molecule has 1 aromatic heterocycles. The predicted molar refractivity (Wildman–Crippen MR) is 70.6 cm³/mol. The van der Waals surface area contributed by atoms with Gasteiger partial charge in [0.15, 0.2) is 0 Å². The van der Waals surface area contributed by atoms with Gasteiger partial charge in [-0.25, -0.2) is 4.98 Å². The van der Waals surface area contributed by atoms with Crippen LogP contribution in [0, 0.1) is 10.1 Å². The number of hydrogen-bond acceptors (Lipinski definition) is 6. The van der Waals surface area contributed by atoms with Crippen LogP contribution in [0.1, 0.15) is 45.4 Å². The topological polar surface area (TPSA) is 90.2 Å². The molecule has 0 saturated heterocycles. The number of nitro groups is 1. The minimum absolute atomic E-state index is 0.0219. The lowest BCUT2D eigenvalue weighted by atomic mass is 10.1. The Bertz CT molecular complexity index is 506. The van der Waals surface area contributed by atoms with Gasteiger partial charge in [0.05, 0.1) is 12.0 Å². The van der Waals surface area contributed by atoms with Gasteiger partial charge in [-0.15, -0.1) is 0 Å². The van der Waals surface area contributed by atoms with Crippen molar-refractivity contribution in [2.75, 3.05) is 12.4 Å². The number of anilines is 1. The summed E-state index contributed by atoms with van der Waals surface area (Å²) < 4.78 is 5.05. The average molecular weight is 266 g/mol. The van der Waals surface area contributed by atoms with Gasteiger partial charge in [-0.2, -0.15) is 4.98 Å². The van der Waals surface area contributed by atoms with Gasteiger partial charge < -0.3 is 10.1 Å². The molecule has 1 N–H and O–H groups in total. The van der Waals surface area contributed by atoms with Gasteiger partial charge in [0, 0.05) is 11.5 Å². The number of methoxy groups -OCH3 is 1. The first kappa shape index (κ1) is 13.5. The zero-order valence-electron chi connectivity index (χ0n) is 11.6. The van der Waals surface area contributed by atoms with Crippen LogP contribution in [0.5, 0.6) is 5.88 Å². The molecule has 1 heterocycles. The van der Waals surface area contributed by atoms with Crippen LogP contribution < -0.4 is 10.1 Å². The minimum atomic E-state index is -0.510. The number of nitrogens with one attached hydrogen (secondary N) is 1. The van der Waals surface area contributed by atoms with Crippen molar-refractivity contribution in [3.8, 4) is 5.88 Å². The summed E-state index contributed by atoms with van der Waals surface area (Å²) in [6, 6.07) is 0. The highest BCUT2D eigenvalue weighted by Crippen LogP contribution is 2.42. The Morgan fingerprint density at radius 2 is 2.00 bits per heavy atom. The molecular formula is C12H18N4O3. The Labute approximate surface area is 111 Å². The lowest BCUT2D eigenvalue weighted by molar-refractivity contribution is -0.385. The van der Waals surface area contributed by atoms with Crippen LogP contribution in [-0.2, 0) is 0 Å². The van der Waals surface area contributed by atoms with E-state index >= 15 is 0 Å². The highest BCUT2D eigenvalue weighted by molar-refractivity contribution is 5.62. The fourth-order valence-electron chi connectivity index (χ4n) is 1.72. The summed E-state index contributed by atoms with van der Waals surface area (Å²) in [7, 11) is 1.38. The van der Waals surface area contributed by atoms with Gasteiger partial charge in [0.1, 0.15) is 5.82 Å². The zero-order valence-corrected chi connectivity index (χ0v) is 11.6. The molecule has 7 heteroatoms. The molecule has 1 saturated carbocycles. The smallest absolute Gasteiger partial charge is 0.372 e. The van der Waals surface area contributed by atoms with Crippen molar-refractivity contribution in [2.45, 2.75) is 45.1 Å². The van der Waals surface area contributed by atoms with Crippen LogP contribution in [0.25, 0.3) is 0 Å². The second kappa shape index (κ2) is 4.64. The Balaban J connectivity index is 2.51. The van der Waals surface area contributed by atoms with Gasteiger partial charge in [-0.05, 0) is 33.6 Å². The first-order chi connectivity index (χ1) is 8.81. The van der Waals surface area contributed by atoms with E-state index in [1.807, 2.05) is 20.8 Å². The standard InChI is InChI=1S/C12H18N4O3/c1-12(2,3)15-10-8(16(17)18)11(19-4)14-9(13-10)7-5-6-7/h7H,5-6H2,1-4H3,(H,13,14,15). The molecule has 104 valence electrons. The second-order valence-corrected chi connectivity index (χ2v) is 5.69. The van der Waals surface area contributed by atoms with E-state index in [0.717, 1.165) is 12.8 Å². The van der Waals surface area contributed by atoms with Gasteiger partial charge in [0.2, 0.25) is 5.82 Å². The van der Waals surface area contributed by atoms with Crippen LogP contribution in [0.4, 0.5) is 11.5 Å². The monoisotopic (exact) mass is 266 g/mol. The number of hydrogen-bond donors (Lipinski definition) is 1. The maximum Gasteiger partial charge on any atom is 0.372 e. The van der Waals surface area contributed by atoms with Crippen LogP contribution >= 0.6 is 0 Å². The van der Waals surface area contributed by atoms with Crippen molar-refractivity contribution in [1.82, 2.24) is 9.97 Å². The van der Waals surface area contributed by atoms with E-state index in [-0.39, 0.29) is 22.9 Å². The Morgan fingerprint density at radius 3 is 2.42 bits per heavy atom. The molecular weight excluding hydrogens is 248 g/mol. The number of aromatic nitrogens is 2. The van der Waals surface area contributed by atoms with Crippen molar-refractivity contribution < 1.29 is 9.66 Å². The van der Waals surface area contributed by atoms with E-state index in [1.165, 1.54) is 7.11 Å². The summed E-state index contributed by atoms with van der Waals surface area (Å²) in [6.45, 7) is 5.76. The molecule has 0 atom stereocenters.